The zero-order valence-electron chi connectivity index (χ0n) is 13.4. The standard InChI is InChI=1S/C18H24N2O2/c1-3-20(10-11-21)18(22)13-8-9-17-15(12-13)14-6-4-5-7-16(14)19(17)2/h8-9,12,21H,3-7,10-11H2,1-2H3. The number of carbonyl (C=O) groups excluding carboxylic acids is 1. The molecule has 0 fully saturated rings. The van der Waals surface area contributed by atoms with Crippen LogP contribution in [0.15, 0.2) is 18.2 Å². The van der Waals surface area contributed by atoms with Crippen LogP contribution in [0.1, 0.15) is 41.4 Å². The van der Waals surface area contributed by atoms with E-state index in [-0.39, 0.29) is 12.5 Å². The Labute approximate surface area is 131 Å². The Morgan fingerprint density at radius 1 is 1.32 bits per heavy atom. The van der Waals surface area contributed by atoms with Crippen molar-refractivity contribution >= 4 is 16.8 Å². The fourth-order valence-corrected chi connectivity index (χ4v) is 3.60. The lowest BCUT2D eigenvalue weighted by Gasteiger charge is -2.19. The van der Waals surface area contributed by atoms with Gasteiger partial charge in [-0.25, -0.2) is 0 Å². The molecule has 0 atom stereocenters. The van der Waals surface area contributed by atoms with Crippen LogP contribution < -0.4 is 0 Å². The molecule has 1 aromatic carbocycles. The van der Waals surface area contributed by atoms with Gasteiger partial charge in [-0.3, -0.25) is 4.79 Å². The fourth-order valence-electron chi connectivity index (χ4n) is 3.60. The molecule has 3 rings (SSSR count). The lowest BCUT2D eigenvalue weighted by atomic mass is 9.95. The first-order valence-electron chi connectivity index (χ1n) is 8.17. The van der Waals surface area contributed by atoms with Gasteiger partial charge in [-0.15, -0.1) is 0 Å². The van der Waals surface area contributed by atoms with Crippen molar-refractivity contribution in [1.82, 2.24) is 9.47 Å². The number of nitrogens with zero attached hydrogens (tertiary/aromatic N) is 2. The van der Waals surface area contributed by atoms with Crippen molar-refractivity contribution in [2.75, 3.05) is 19.7 Å². The molecular weight excluding hydrogens is 276 g/mol. The van der Waals surface area contributed by atoms with Crippen LogP contribution in [0.25, 0.3) is 10.9 Å². The zero-order valence-corrected chi connectivity index (χ0v) is 13.4. The Hall–Kier alpha value is -1.81. The molecule has 0 saturated heterocycles. The van der Waals surface area contributed by atoms with E-state index >= 15 is 0 Å². The molecular formula is C18H24N2O2. The molecule has 0 spiro atoms. The molecule has 22 heavy (non-hydrogen) atoms. The molecule has 118 valence electrons. The van der Waals surface area contributed by atoms with Gasteiger partial charge >= 0.3 is 0 Å². The van der Waals surface area contributed by atoms with Crippen LogP contribution in [-0.2, 0) is 19.9 Å². The first kappa shape index (κ1) is 15.1. The van der Waals surface area contributed by atoms with E-state index in [1.165, 1.54) is 35.0 Å². The van der Waals surface area contributed by atoms with Crippen LogP contribution >= 0.6 is 0 Å². The Morgan fingerprint density at radius 2 is 2.09 bits per heavy atom. The van der Waals surface area contributed by atoms with E-state index in [0.717, 1.165) is 18.4 Å². The summed E-state index contributed by atoms with van der Waals surface area (Å²) in [5.74, 6) is 0.00635. The monoisotopic (exact) mass is 300 g/mol. The maximum Gasteiger partial charge on any atom is 0.253 e. The van der Waals surface area contributed by atoms with Crippen LogP contribution in [0, 0.1) is 0 Å². The van der Waals surface area contributed by atoms with E-state index < -0.39 is 0 Å². The molecule has 0 unspecified atom stereocenters. The number of aliphatic hydroxyl groups is 1. The van der Waals surface area contributed by atoms with Gasteiger partial charge in [0.2, 0.25) is 0 Å². The molecule has 2 aromatic rings. The number of aryl methyl sites for hydroxylation is 2. The molecule has 1 amide bonds. The minimum Gasteiger partial charge on any atom is -0.395 e. The number of carbonyl (C=O) groups is 1. The van der Waals surface area contributed by atoms with Gasteiger partial charge in [0.05, 0.1) is 6.61 Å². The van der Waals surface area contributed by atoms with Gasteiger partial charge in [0, 0.05) is 42.3 Å². The Bertz CT molecular complexity index is 703. The van der Waals surface area contributed by atoms with Crippen LogP contribution in [0.2, 0.25) is 0 Å². The second kappa shape index (κ2) is 6.13. The SMILES string of the molecule is CCN(CCO)C(=O)c1ccc2c(c1)c1c(n2C)CCCC1. The normalized spacial score (nSPS) is 14.1. The van der Waals surface area contributed by atoms with Crippen molar-refractivity contribution in [1.29, 1.82) is 0 Å². The molecule has 0 saturated carbocycles. The van der Waals surface area contributed by atoms with Gasteiger partial charge in [0.25, 0.3) is 5.91 Å². The van der Waals surface area contributed by atoms with E-state index in [1.807, 2.05) is 19.1 Å². The molecule has 1 aromatic heterocycles. The molecule has 0 radical (unpaired) electrons. The van der Waals surface area contributed by atoms with Gasteiger partial charge in [-0.1, -0.05) is 0 Å². The summed E-state index contributed by atoms with van der Waals surface area (Å²) in [4.78, 5) is 14.3. The van der Waals surface area contributed by atoms with Crippen molar-refractivity contribution in [3.8, 4) is 0 Å². The first-order chi connectivity index (χ1) is 10.7. The molecule has 1 aliphatic carbocycles. The van der Waals surface area contributed by atoms with Crippen molar-refractivity contribution in [2.24, 2.45) is 7.05 Å². The van der Waals surface area contributed by atoms with E-state index in [0.29, 0.717) is 13.1 Å². The van der Waals surface area contributed by atoms with Gasteiger partial charge in [0.15, 0.2) is 0 Å². The minimum absolute atomic E-state index is 0.00254. The summed E-state index contributed by atoms with van der Waals surface area (Å²) in [5, 5.41) is 10.3. The molecule has 0 bridgehead atoms. The number of hydrogen-bond acceptors (Lipinski definition) is 2. The van der Waals surface area contributed by atoms with Crippen LogP contribution in [0.4, 0.5) is 0 Å². The Balaban J connectivity index is 2.04. The number of aromatic nitrogens is 1. The average molecular weight is 300 g/mol. The number of likely N-dealkylation sites (N-methyl/N-ethyl adjacent to an activating group) is 1. The van der Waals surface area contributed by atoms with Crippen molar-refractivity contribution in [3.63, 3.8) is 0 Å². The number of amides is 1. The molecule has 1 heterocycles. The largest absolute Gasteiger partial charge is 0.395 e. The predicted octanol–water partition coefficient (Wildman–Crippen LogP) is 2.51. The van der Waals surface area contributed by atoms with Crippen LogP contribution in [0.3, 0.4) is 0 Å². The summed E-state index contributed by atoms with van der Waals surface area (Å²) < 4.78 is 2.28. The molecule has 4 heteroatoms. The highest BCUT2D eigenvalue weighted by atomic mass is 16.3. The summed E-state index contributed by atoms with van der Waals surface area (Å²) in [6, 6.07) is 6.02. The third kappa shape index (κ3) is 2.41. The predicted molar refractivity (Wildman–Crippen MR) is 88.2 cm³/mol. The fraction of sp³-hybridized carbons (Fsp3) is 0.500. The van der Waals surface area contributed by atoms with E-state index in [4.69, 9.17) is 5.11 Å². The van der Waals surface area contributed by atoms with Gasteiger partial charge in [-0.2, -0.15) is 0 Å². The molecule has 1 aliphatic rings. The lowest BCUT2D eigenvalue weighted by Crippen LogP contribution is -2.33. The summed E-state index contributed by atoms with van der Waals surface area (Å²) in [6.45, 7) is 2.95. The number of hydrogen-bond donors (Lipinski definition) is 1. The summed E-state index contributed by atoms with van der Waals surface area (Å²) in [6.07, 6.45) is 4.73. The minimum atomic E-state index is 0.00254. The van der Waals surface area contributed by atoms with Crippen molar-refractivity contribution in [3.05, 3.63) is 35.0 Å². The van der Waals surface area contributed by atoms with Crippen molar-refractivity contribution < 1.29 is 9.90 Å². The second-order valence-electron chi connectivity index (χ2n) is 6.03. The summed E-state index contributed by atoms with van der Waals surface area (Å²) in [7, 11) is 2.12. The number of benzene rings is 1. The average Bonchev–Trinajstić information content (AvgIpc) is 2.85. The highest BCUT2D eigenvalue weighted by Gasteiger charge is 2.20. The van der Waals surface area contributed by atoms with Gasteiger partial charge in [0.1, 0.15) is 0 Å². The number of aliphatic hydroxyl groups excluding tert-OH is 1. The van der Waals surface area contributed by atoms with E-state index in [1.54, 1.807) is 4.90 Å². The van der Waals surface area contributed by atoms with Crippen molar-refractivity contribution in [2.45, 2.75) is 32.6 Å². The smallest absolute Gasteiger partial charge is 0.253 e. The summed E-state index contributed by atoms with van der Waals surface area (Å²) >= 11 is 0. The van der Waals surface area contributed by atoms with Crippen LogP contribution in [0.5, 0.6) is 0 Å². The maximum absolute atomic E-state index is 12.6. The van der Waals surface area contributed by atoms with Crippen LogP contribution in [-0.4, -0.2) is 40.2 Å². The third-order valence-corrected chi connectivity index (χ3v) is 4.81. The number of fused-ring (bicyclic) bond motifs is 3. The molecule has 0 aliphatic heterocycles. The maximum atomic E-state index is 12.6. The Morgan fingerprint density at radius 3 is 2.82 bits per heavy atom. The zero-order chi connectivity index (χ0) is 15.7. The Kier molecular flexibility index (Phi) is 4.21. The highest BCUT2D eigenvalue weighted by molar-refractivity contribution is 5.99. The van der Waals surface area contributed by atoms with E-state index in [9.17, 15) is 4.79 Å². The summed E-state index contributed by atoms with van der Waals surface area (Å²) in [5.41, 5.74) is 4.78. The quantitative estimate of drug-likeness (QED) is 0.943. The highest BCUT2D eigenvalue weighted by Crippen LogP contribution is 2.32. The number of rotatable bonds is 4. The molecule has 4 nitrogen and oxygen atoms in total. The van der Waals surface area contributed by atoms with Gasteiger partial charge in [-0.05, 0) is 56.4 Å². The van der Waals surface area contributed by atoms with E-state index in [2.05, 4.69) is 17.7 Å². The molecule has 1 N–H and O–H groups in total. The second-order valence-corrected chi connectivity index (χ2v) is 6.03. The first-order valence-corrected chi connectivity index (χ1v) is 8.17. The topological polar surface area (TPSA) is 45.5 Å². The lowest BCUT2D eigenvalue weighted by molar-refractivity contribution is 0.0732. The third-order valence-electron chi connectivity index (χ3n) is 4.81. The van der Waals surface area contributed by atoms with Gasteiger partial charge < -0.3 is 14.6 Å².